The summed E-state index contributed by atoms with van der Waals surface area (Å²) in [5.41, 5.74) is 2.66. The van der Waals surface area contributed by atoms with E-state index in [0.717, 1.165) is 33.8 Å². The number of hydrogen-bond acceptors (Lipinski definition) is 6. The van der Waals surface area contributed by atoms with Crippen molar-refractivity contribution < 1.29 is 18.3 Å². The molecule has 1 saturated carbocycles. The lowest BCUT2D eigenvalue weighted by Gasteiger charge is -2.27. The molecule has 1 aliphatic carbocycles. The van der Waals surface area contributed by atoms with Gasteiger partial charge in [0, 0.05) is 6.54 Å². The first-order valence-corrected chi connectivity index (χ1v) is 12.4. The van der Waals surface area contributed by atoms with Gasteiger partial charge in [-0.15, -0.1) is 11.3 Å². The predicted molar refractivity (Wildman–Crippen MR) is 127 cm³/mol. The van der Waals surface area contributed by atoms with Gasteiger partial charge in [-0.05, 0) is 61.4 Å². The van der Waals surface area contributed by atoms with Crippen molar-refractivity contribution in [2.45, 2.75) is 32.2 Å². The van der Waals surface area contributed by atoms with Crippen molar-refractivity contribution in [1.29, 1.82) is 0 Å². The lowest BCUT2D eigenvalue weighted by Crippen LogP contribution is -2.42. The van der Waals surface area contributed by atoms with Gasteiger partial charge in [0.05, 0.1) is 15.9 Å². The number of hydrogen-bond donors (Lipinski definition) is 0. The molecule has 3 atom stereocenters. The molecular weight excluding hydrogens is 453 g/mol. The Morgan fingerprint density at radius 2 is 2.00 bits per heavy atom. The van der Waals surface area contributed by atoms with Crippen LogP contribution in [0.4, 0.5) is 4.39 Å². The quantitative estimate of drug-likeness (QED) is 0.368. The number of para-hydroxylation sites is 2. The van der Waals surface area contributed by atoms with Crippen LogP contribution in [0.2, 0.25) is 0 Å². The minimum Gasteiger partial charge on any atom is -0.448 e. The van der Waals surface area contributed by atoms with Crippen molar-refractivity contribution in [3.8, 4) is 16.5 Å². The van der Waals surface area contributed by atoms with Gasteiger partial charge in [0.15, 0.2) is 5.58 Å². The molecule has 6 nitrogen and oxygen atoms in total. The van der Waals surface area contributed by atoms with E-state index in [1.165, 1.54) is 29.9 Å². The topological polar surface area (TPSA) is 68.5 Å². The number of aromatic nitrogens is 2. The predicted octanol–water partition coefficient (Wildman–Crippen LogP) is 5.72. The molecule has 1 amide bonds. The van der Waals surface area contributed by atoms with Crippen molar-refractivity contribution >= 4 is 28.3 Å². The smallest absolute Gasteiger partial charge is 0.394 e. The van der Waals surface area contributed by atoms with Crippen LogP contribution in [0.15, 0.2) is 52.9 Å². The summed E-state index contributed by atoms with van der Waals surface area (Å²) >= 11 is 1.46. The van der Waals surface area contributed by atoms with Gasteiger partial charge in [-0.3, -0.25) is 4.79 Å². The second-order valence-electron chi connectivity index (χ2n) is 9.06. The lowest BCUT2D eigenvalue weighted by molar-refractivity contribution is 0.0627. The number of amides is 1. The Bertz CT molecular complexity index is 1320. The average Bonchev–Trinajstić information content (AvgIpc) is 3.60. The highest BCUT2D eigenvalue weighted by Crippen LogP contribution is 2.43. The number of oxazole rings is 1. The standard InChI is InChI=1S/C26H24FN3O3S/c1-15-28-23(24(34-15)16-9-11-18(27)12-10-16)25(31)30-13-17-5-4-6-19(17)21(30)14-32-26-29-20-7-2-3-8-22(20)33-26/h2-3,7-12,17,19,21H,4-6,13-14H2,1H3. The summed E-state index contributed by atoms with van der Waals surface area (Å²) in [7, 11) is 0. The summed E-state index contributed by atoms with van der Waals surface area (Å²) in [6, 6.07) is 13.7. The van der Waals surface area contributed by atoms with Gasteiger partial charge >= 0.3 is 6.08 Å². The highest BCUT2D eigenvalue weighted by molar-refractivity contribution is 7.15. The number of thiazole rings is 1. The van der Waals surface area contributed by atoms with E-state index in [9.17, 15) is 9.18 Å². The van der Waals surface area contributed by atoms with Crippen LogP contribution in [0, 0.1) is 24.6 Å². The molecule has 1 aliphatic heterocycles. The van der Waals surface area contributed by atoms with E-state index in [1.54, 1.807) is 12.1 Å². The summed E-state index contributed by atoms with van der Waals surface area (Å²) in [5.74, 6) is 0.461. The fourth-order valence-electron chi connectivity index (χ4n) is 5.44. The second kappa shape index (κ2) is 8.51. The number of benzene rings is 2. The molecule has 0 N–H and O–H groups in total. The highest BCUT2D eigenvalue weighted by Gasteiger charge is 2.47. The maximum absolute atomic E-state index is 13.8. The third-order valence-corrected chi connectivity index (χ3v) is 8.02. The molecule has 4 aromatic rings. The number of ether oxygens (including phenoxy) is 1. The van der Waals surface area contributed by atoms with Gasteiger partial charge in [-0.2, -0.15) is 4.98 Å². The number of rotatable bonds is 5. The third-order valence-electron chi connectivity index (χ3n) is 7.00. The fraction of sp³-hybridized carbons (Fsp3) is 0.346. The van der Waals surface area contributed by atoms with Crippen LogP contribution >= 0.6 is 11.3 Å². The first-order chi connectivity index (χ1) is 16.6. The summed E-state index contributed by atoms with van der Waals surface area (Å²) in [4.78, 5) is 25.5. The molecular formula is C26H24FN3O3S. The normalized spacial score (nSPS) is 21.8. The van der Waals surface area contributed by atoms with Gasteiger partial charge in [0.1, 0.15) is 23.6 Å². The maximum Gasteiger partial charge on any atom is 0.394 e. The van der Waals surface area contributed by atoms with Crippen LogP contribution in [0.5, 0.6) is 6.08 Å². The monoisotopic (exact) mass is 477 g/mol. The van der Waals surface area contributed by atoms with Crippen molar-refractivity contribution in [3.05, 3.63) is 65.0 Å². The average molecular weight is 478 g/mol. The third kappa shape index (κ3) is 3.76. The summed E-state index contributed by atoms with van der Waals surface area (Å²) in [6.07, 6.45) is 3.60. The second-order valence-corrected chi connectivity index (χ2v) is 10.3. The number of nitrogens with zero attached hydrogens (tertiary/aromatic N) is 3. The minimum absolute atomic E-state index is 0.0712. The lowest BCUT2D eigenvalue weighted by atomic mass is 9.94. The summed E-state index contributed by atoms with van der Waals surface area (Å²) < 4.78 is 25.2. The summed E-state index contributed by atoms with van der Waals surface area (Å²) in [6.45, 7) is 2.92. The number of carbonyl (C=O) groups is 1. The molecule has 2 fully saturated rings. The molecule has 174 valence electrons. The van der Waals surface area contributed by atoms with E-state index < -0.39 is 0 Å². The number of likely N-dealkylation sites (tertiary alicyclic amines) is 1. The van der Waals surface area contributed by atoms with Crippen molar-refractivity contribution in [2.24, 2.45) is 11.8 Å². The molecule has 0 spiro atoms. The van der Waals surface area contributed by atoms with Gasteiger partial charge in [0.25, 0.3) is 5.91 Å². The summed E-state index contributed by atoms with van der Waals surface area (Å²) in [5, 5.41) is 0.807. The Hall–Kier alpha value is -3.26. The van der Waals surface area contributed by atoms with Gasteiger partial charge < -0.3 is 14.1 Å². The van der Waals surface area contributed by atoms with Crippen LogP contribution < -0.4 is 4.74 Å². The molecule has 3 unspecified atom stereocenters. The Kier molecular flexibility index (Phi) is 5.32. The van der Waals surface area contributed by atoms with Crippen LogP contribution in [-0.2, 0) is 0 Å². The largest absolute Gasteiger partial charge is 0.448 e. The zero-order valence-corrected chi connectivity index (χ0v) is 19.6. The van der Waals surface area contributed by atoms with Gasteiger partial charge in [-0.25, -0.2) is 9.37 Å². The molecule has 34 heavy (non-hydrogen) atoms. The molecule has 2 aromatic carbocycles. The highest BCUT2D eigenvalue weighted by atomic mass is 32.1. The Morgan fingerprint density at radius 1 is 1.18 bits per heavy atom. The molecule has 8 heteroatoms. The Morgan fingerprint density at radius 3 is 2.82 bits per heavy atom. The van der Waals surface area contributed by atoms with Crippen LogP contribution in [-0.4, -0.2) is 40.0 Å². The molecule has 2 aliphatic rings. The fourth-order valence-corrected chi connectivity index (χ4v) is 6.36. The number of carbonyl (C=O) groups excluding carboxylic acids is 1. The van der Waals surface area contributed by atoms with E-state index >= 15 is 0 Å². The molecule has 3 heterocycles. The van der Waals surface area contributed by atoms with E-state index in [1.807, 2.05) is 36.1 Å². The first-order valence-electron chi connectivity index (χ1n) is 11.6. The van der Waals surface area contributed by atoms with E-state index in [2.05, 4.69) is 9.97 Å². The van der Waals surface area contributed by atoms with Crippen LogP contribution in [0.1, 0.15) is 34.8 Å². The van der Waals surface area contributed by atoms with E-state index in [0.29, 0.717) is 36.3 Å². The Balaban J connectivity index is 1.28. The molecule has 0 bridgehead atoms. The molecule has 2 aromatic heterocycles. The van der Waals surface area contributed by atoms with Crippen LogP contribution in [0.3, 0.4) is 0 Å². The zero-order chi connectivity index (χ0) is 23.2. The van der Waals surface area contributed by atoms with Gasteiger partial charge in [0.2, 0.25) is 0 Å². The number of halogens is 1. The number of fused-ring (bicyclic) bond motifs is 2. The zero-order valence-electron chi connectivity index (χ0n) is 18.7. The molecule has 6 rings (SSSR count). The van der Waals surface area contributed by atoms with Gasteiger partial charge in [-0.1, -0.05) is 30.7 Å². The first kappa shape index (κ1) is 21.3. The van der Waals surface area contributed by atoms with Crippen LogP contribution in [0.25, 0.3) is 21.5 Å². The van der Waals surface area contributed by atoms with Crippen molar-refractivity contribution in [1.82, 2.24) is 14.9 Å². The van der Waals surface area contributed by atoms with E-state index in [-0.39, 0.29) is 23.8 Å². The minimum atomic E-state index is -0.304. The molecule has 0 radical (unpaired) electrons. The SMILES string of the molecule is Cc1nc(C(=O)N2CC3CCCC3C2COc2nc3ccccc3o2)c(-c2ccc(F)cc2)s1. The molecule has 1 saturated heterocycles. The number of aryl methyl sites for hydroxylation is 1. The maximum atomic E-state index is 13.8. The van der Waals surface area contributed by atoms with Crippen molar-refractivity contribution in [3.63, 3.8) is 0 Å². The Labute approximate surface area is 200 Å². The van der Waals surface area contributed by atoms with Crippen molar-refractivity contribution in [2.75, 3.05) is 13.2 Å². The van der Waals surface area contributed by atoms with E-state index in [4.69, 9.17) is 9.15 Å².